The third-order valence-corrected chi connectivity index (χ3v) is 18.4. The van der Waals surface area contributed by atoms with Gasteiger partial charge in [-0.15, -0.1) is 0 Å². The summed E-state index contributed by atoms with van der Waals surface area (Å²) in [6.45, 7) is 10.3. The van der Waals surface area contributed by atoms with Crippen LogP contribution in [0.3, 0.4) is 0 Å². The van der Waals surface area contributed by atoms with Gasteiger partial charge in [0.15, 0.2) is 25.2 Å². The summed E-state index contributed by atoms with van der Waals surface area (Å²) in [5, 5.41) is 88.1. The van der Waals surface area contributed by atoms with E-state index in [-0.39, 0.29) is 61.1 Å². The first-order chi connectivity index (χ1) is 32.6. The Morgan fingerprint density at radius 3 is 1.93 bits per heavy atom. The fraction of sp³-hybridized carbons (Fsp3) is 0.918. The van der Waals surface area contributed by atoms with E-state index in [0.29, 0.717) is 25.2 Å². The molecule has 0 aromatic heterocycles. The zero-order chi connectivity index (χ0) is 49.5. The summed E-state index contributed by atoms with van der Waals surface area (Å²) in [6, 6.07) is 0. The minimum atomic E-state index is -1.69. The van der Waals surface area contributed by atoms with E-state index in [1.165, 1.54) is 6.92 Å². The van der Waals surface area contributed by atoms with Crippen molar-refractivity contribution in [1.82, 2.24) is 0 Å². The van der Waals surface area contributed by atoms with Crippen molar-refractivity contribution in [3.8, 4) is 0 Å². The van der Waals surface area contributed by atoms with Crippen molar-refractivity contribution < 1.29 is 97.8 Å². The topological polar surface area (TPSA) is 288 Å². The standard InChI is InChI=1S/C49H76O20/c1-21-43(67-38-17-32(53)44(22(2)62-38)68-39-18-33(64-24(4)51)45(23(3)63-39)69-46-42(58)41(57)40(56)34(19-50)66-46)31(52)16-37(61-21)65-27-9-11-47(5)26(14-27)7-8-29-30(47)15-35(54)48(6)28(10-12-49(29,48)59)25-13-36(55)60-20-25/h13,21-23,26-35,37-46,50,52-54,56-59H,7-12,14-20H2,1-6H3/t21-,22-,23-,26-,27-,28+,29-,30+,31-,32-,33-,34+,35+,37-,38-,39+,40+,41-,42+,43+,44+,45-,46-,47+,48+,49-/m1/s1. The van der Waals surface area contributed by atoms with E-state index in [0.717, 1.165) is 37.7 Å². The number of fused-ring (bicyclic) bond motifs is 5. The summed E-state index contributed by atoms with van der Waals surface area (Å²) in [5.41, 5.74) is -1.01. The van der Waals surface area contributed by atoms with Crippen LogP contribution in [0.25, 0.3) is 0 Å². The number of rotatable bonds is 11. The average Bonchev–Trinajstić information content (AvgIpc) is 3.84. The zero-order valence-electron chi connectivity index (χ0n) is 40.5. The zero-order valence-corrected chi connectivity index (χ0v) is 40.5. The monoisotopic (exact) mass is 984 g/mol. The maximum atomic E-state index is 12.6. The lowest BCUT2D eigenvalue weighted by Gasteiger charge is -2.65. The van der Waals surface area contributed by atoms with Gasteiger partial charge in [-0.3, -0.25) is 4.79 Å². The molecule has 4 saturated heterocycles. The van der Waals surface area contributed by atoms with Crippen LogP contribution in [0.5, 0.6) is 0 Å². The summed E-state index contributed by atoms with van der Waals surface area (Å²) < 4.78 is 60.1. The van der Waals surface area contributed by atoms with E-state index >= 15 is 0 Å². The van der Waals surface area contributed by atoms with E-state index < -0.39 is 134 Å². The molecule has 0 radical (unpaired) electrons. The molecule has 5 heterocycles. The molecule has 0 aromatic rings. The number of hydrogen-bond donors (Lipinski definition) is 8. The lowest BCUT2D eigenvalue weighted by molar-refractivity contribution is -0.355. The summed E-state index contributed by atoms with van der Waals surface area (Å²) in [7, 11) is 0. The molecule has 0 bridgehead atoms. The van der Waals surface area contributed by atoms with Crippen LogP contribution in [0.4, 0.5) is 0 Å². The van der Waals surface area contributed by atoms with Crippen LogP contribution in [-0.4, -0.2) is 188 Å². The predicted octanol–water partition coefficient (Wildman–Crippen LogP) is 0.613. The van der Waals surface area contributed by atoms with Gasteiger partial charge in [-0.05, 0) is 107 Å². The fourth-order valence-electron chi connectivity index (χ4n) is 14.6. The second-order valence-electron chi connectivity index (χ2n) is 22.2. The Bertz CT molecular complexity index is 1850. The van der Waals surface area contributed by atoms with Crippen molar-refractivity contribution in [2.75, 3.05) is 13.2 Å². The first kappa shape index (κ1) is 51.9. The van der Waals surface area contributed by atoms with Gasteiger partial charge in [0, 0.05) is 37.7 Å². The normalized spacial score (nSPS) is 53.3. The van der Waals surface area contributed by atoms with Gasteiger partial charge in [-0.1, -0.05) is 13.8 Å². The van der Waals surface area contributed by atoms with Crippen LogP contribution in [0.2, 0.25) is 0 Å². The molecule has 26 atom stereocenters. The van der Waals surface area contributed by atoms with Gasteiger partial charge in [0.05, 0.1) is 54.9 Å². The van der Waals surface area contributed by atoms with E-state index in [1.54, 1.807) is 26.8 Å². The Kier molecular flexibility index (Phi) is 15.1. The molecule has 0 aromatic carbocycles. The molecule has 4 aliphatic carbocycles. The number of hydrogen-bond acceptors (Lipinski definition) is 20. The van der Waals surface area contributed by atoms with Gasteiger partial charge in [0.1, 0.15) is 55.4 Å². The molecule has 0 unspecified atom stereocenters. The summed E-state index contributed by atoms with van der Waals surface area (Å²) in [6.07, 6.45) is -11.1. The second-order valence-corrected chi connectivity index (χ2v) is 22.2. The predicted molar refractivity (Wildman–Crippen MR) is 235 cm³/mol. The molecule has 8 fully saturated rings. The molecular formula is C49H76O20. The third kappa shape index (κ3) is 9.48. The Morgan fingerprint density at radius 1 is 0.710 bits per heavy atom. The molecule has 4 saturated carbocycles. The summed E-state index contributed by atoms with van der Waals surface area (Å²) in [5.74, 6) is -0.580. The minimum Gasteiger partial charge on any atom is -0.459 e. The van der Waals surface area contributed by atoms with Crippen molar-refractivity contribution in [2.45, 2.75) is 234 Å². The number of carbonyl (C=O) groups is 2. The van der Waals surface area contributed by atoms with Crippen molar-refractivity contribution in [3.63, 3.8) is 0 Å². The molecule has 20 heteroatoms. The van der Waals surface area contributed by atoms with Crippen molar-refractivity contribution in [2.24, 2.45) is 34.5 Å². The number of ether oxygens (including phenoxy) is 10. The maximum absolute atomic E-state index is 12.6. The lowest BCUT2D eigenvalue weighted by atomic mass is 9.42. The maximum Gasteiger partial charge on any atom is 0.331 e. The molecule has 20 nitrogen and oxygen atoms in total. The van der Waals surface area contributed by atoms with Crippen molar-refractivity contribution in [3.05, 3.63) is 11.6 Å². The van der Waals surface area contributed by atoms with Crippen LogP contribution in [0, 0.1) is 34.5 Å². The van der Waals surface area contributed by atoms with Gasteiger partial charge in [0.25, 0.3) is 0 Å². The fourth-order valence-corrected chi connectivity index (χ4v) is 14.6. The summed E-state index contributed by atoms with van der Waals surface area (Å²) >= 11 is 0. The van der Waals surface area contributed by atoms with Crippen LogP contribution in [-0.2, 0) is 57.0 Å². The first-order valence-corrected chi connectivity index (χ1v) is 25.3. The minimum absolute atomic E-state index is 0.00421. The van der Waals surface area contributed by atoms with Gasteiger partial charge in [-0.2, -0.15) is 0 Å². The molecule has 69 heavy (non-hydrogen) atoms. The van der Waals surface area contributed by atoms with Crippen LogP contribution in [0.1, 0.15) is 112 Å². The van der Waals surface area contributed by atoms with Gasteiger partial charge < -0.3 is 88.2 Å². The van der Waals surface area contributed by atoms with Crippen LogP contribution < -0.4 is 0 Å². The highest BCUT2D eigenvalue weighted by atomic mass is 16.8. The molecule has 392 valence electrons. The number of aliphatic hydroxyl groups is 8. The molecule has 8 N–H and O–H groups in total. The Labute approximate surface area is 402 Å². The second kappa shape index (κ2) is 20.0. The highest BCUT2D eigenvalue weighted by Crippen LogP contribution is 2.70. The number of esters is 2. The number of carbonyl (C=O) groups excluding carboxylic acids is 2. The third-order valence-electron chi connectivity index (χ3n) is 18.4. The molecule has 9 rings (SSSR count). The molecule has 5 aliphatic heterocycles. The van der Waals surface area contributed by atoms with Gasteiger partial charge >= 0.3 is 11.9 Å². The quantitative estimate of drug-likeness (QED) is 0.104. The number of aliphatic hydroxyl groups excluding tert-OH is 7. The Morgan fingerprint density at radius 2 is 1.33 bits per heavy atom. The van der Waals surface area contributed by atoms with E-state index in [1.807, 2.05) is 6.92 Å². The molecule has 0 spiro atoms. The molecule has 0 amide bonds. The number of cyclic esters (lactones) is 1. The lowest BCUT2D eigenvalue weighted by Crippen LogP contribution is -2.67. The van der Waals surface area contributed by atoms with Gasteiger partial charge in [0.2, 0.25) is 0 Å². The highest BCUT2D eigenvalue weighted by Gasteiger charge is 2.71. The SMILES string of the molecule is CC(=O)O[C@@H]1C[C@H](O[C@@H]2[C@H](O)C[C@@H](O[C@@H]3[C@H](O)C[C@@H](O[C@@H]4CC[C@@]5(C)[C@H](CC[C@@H]6[C@@H]5C[C@H](O)[C@]5(C)[C@H](C7=CC(=O)OC7)CC[C@@]65O)C4)O[C@@H]3C)O[C@@H]2C)O[C@H](C)[C@H]1O[C@H]1O[C@@H](CO)[C@H](O)[C@@H](O)[C@@H]1O. The average molecular weight is 985 g/mol. The van der Waals surface area contributed by atoms with E-state index in [2.05, 4.69) is 6.92 Å². The Balaban J connectivity index is 0.752. The largest absolute Gasteiger partial charge is 0.459 e. The van der Waals surface area contributed by atoms with Crippen LogP contribution >= 0.6 is 0 Å². The van der Waals surface area contributed by atoms with Crippen LogP contribution in [0.15, 0.2) is 11.6 Å². The smallest absolute Gasteiger partial charge is 0.331 e. The molecular weight excluding hydrogens is 909 g/mol. The van der Waals surface area contributed by atoms with E-state index in [4.69, 9.17) is 47.4 Å². The molecule has 9 aliphatic rings. The van der Waals surface area contributed by atoms with Gasteiger partial charge in [-0.25, -0.2) is 4.79 Å². The van der Waals surface area contributed by atoms with Crippen molar-refractivity contribution in [1.29, 1.82) is 0 Å². The first-order valence-electron chi connectivity index (χ1n) is 25.3. The summed E-state index contributed by atoms with van der Waals surface area (Å²) in [4.78, 5) is 24.2. The Hall–Kier alpha value is -1.96. The highest BCUT2D eigenvalue weighted by molar-refractivity contribution is 5.85. The van der Waals surface area contributed by atoms with Crippen molar-refractivity contribution >= 4 is 11.9 Å². The van der Waals surface area contributed by atoms with E-state index in [9.17, 15) is 50.4 Å².